The Hall–Kier alpha value is -1.50. The Balaban J connectivity index is 1.57. The normalized spacial score (nSPS) is 25.5. The van der Waals surface area contributed by atoms with Crippen LogP contribution in [0.4, 0.5) is 4.39 Å². The summed E-state index contributed by atoms with van der Waals surface area (Å²) in [5.41, 5.74) is 0.440. The Bertz CT molecular complexity index is 590. The lowest BCUT2D eigenvalue weighted by atomic mass is 9.96. The zero-order valence-electron chi connectivity index (χ0n) is 14.9. The largest absolute Gasteiger partial charge is 0.396 e. The molecule has 0 saturated carbocycles. The van der Waals surface area contributed by atoms with E-state index < -0.39 is 0 Å². The van der Waals surface area contributed by atoms with Crippen molar-refractivity contribution in [2.24, 2.45) is 11.8 Å². The summed E-state index contributed by atoms with van der Waals surface area (Å²) in [6.45, 7) is 6.44. The Morgan fingerprint density at radius 2 is 1.84 bits per heavy atom. The van der Waals surface area contributed by atoms with Crippen molar-refractivity contribution in [1.82, 2.24) is 14.7 Å². The van der Waals surface area contributed by atoms with E-state index in [0.717, 1.165) is 32.7 Å². The molecule has 2 aliphatic heterocycles. The first-order valence-corrected chi connectivity index (χ1v) is 9.09. The summed E-state index contributed by atoms with van der Waals surface area (Å²) in [7, 11) is 2.13. The third-order valence-corrected chi connectivity index (χ3v) is 5.55. The minimum absolute atomic E-state index is 0.0515. The highest BCUT2D eigenvalue weighted by molar-refractivity contribution is 5.79. The predicted octanol–water partition coefficient (Wildman–Crippen LogP) is 0.683. The van der Waals surface area contributed by atoms with Crippen molar-refractivity contribution in [3.8, 4) is 0 Å². The minimum Gasteiger partial charge on any atom is -0.396 e. The van der Waals surface area contributed by atoms with Gasteiger partial charge in [0.25, 0.3) is 0 Å². The third kappa shape index (κ3) is 4.57. The van der Waals surface area contributed by atoms with Crippen LogP contribution in [0.15, 0.2) is 24.3 Å². The lowest BCUT2D eigenvalue weighted by Gasteiger charge is -2.34. The molecule has 2 heterocycles. The van der Waals surface area contributed by atoms with E-state index in [2.05, 4.69) is 16.8 Å². The number of aliphatic hydroxyl groups is 1. The average molecular weight is 349 g/mol. The van der Waals surface area contributed by atoms with Crippen LogP contribution in [0.1, 0.15) is 5.56 Å². The molecule has 0 spiro atoms. The van der Waals surface area contributed by atoms with Gasteiger partial charge in [-0.25, -0.2) is 4.39 Å². The van der Waals surface area contributed by atoms with Gasteiger partial charge < -0.3 is 19.8 Å². The molecular weight excluding hydrogens is 321 g/mol. The number of piperazine rings is 1. The van der Waals surface area contributed by atoms with Crippen LogP contribution in [0.5, 0.6) is 0 Å². The lowest BCUT2D eigenvalue weighted by Crippen LogP contribution is -2.47. The fourth-order valence-electron chi connectivity index (χ4n) is 3.83. The van der Waals surface area contributed by atoms with Crippen molar-refractivity contribution in [1.29, 1.82) is 0 Å². The van der Waals surface area contributed by atoms with E-state index >= 15 is 0 Å². The maximum Gasteiger partial charge on any atom is 0.227 e. The topological polar surface area (TPSA) is 47.0 Å². The van der Waals surface area contributed by atoms with Gasteiger partial charge in [-0.3, -0.25) is 4.79 Å². The Kier molecular flexibility index (Phi) is 6.04. The van der Waals surface area contributed by atoms with Gasteiger partial charge in [0.1, 0.15) is 5.82 Å². The van der Waals surface area contributed by atoms with Gasteiger partial charge in [0.05, 0.1) is 6.42 Å². The molecule has 0 aliphatic carbocycles. The Morgan fingerprint density at radius 3 is 2.52 bits per heavy atom. The summed E-state index contributed by atoms with van der Waals surface area (Å²) in [5.74, 6) is 0.0226. The van der Waals surface area contributed by atoms with Gasteiger partial charge in [-0.1, -0.05) is 18.2 Å². The van der Waals surface area contributed by atoms with Gasteiger partial charge in [-0.15, -0.1) is 0 Å². The number of halogens is 1. The molecule has 1 amide bonds. The molecule has 2 atom stereocenters. The third-order valence-electron chi connectivity index (χ3n) is 5.55. The smallest absolute Gasteiger partial charge is 0.227 e. The second kappa shape index (κ2) is 8.25. The molecule has 0 unspecified atom stereocenters. The number of hydrogen-bond donors (Lipinski definition) is 1. The SMILES string of the molecule is CN1CCN(C[C@@H]2CN(C(=O)Cc3ccccc3F)C[C@@H]2CO)CC1. The van der Waals surface area contributed by atoms with E-state index in [1.807, 2.05) is 0 Å². The van der Waals surface area contributed by atoms with Crippen molar-refractivity contribution in [2.75, 3.05) is 59.5 Å². The number of hydrogen-bond acceptors (Lipinski definition) is 4. The van der Waals surface area contributed by atoms with Crippen LogP contribution in [0.25, 0.3) is 0 Å². The highest BCUT2D eigenvalue weighted by atomic mass is 19.1. The van der Waals surface area contributed by atoms with Crippen LogP contribution in [0.3, 0.4) is 0 Å². The monoisotopic (exact) mass is 349 g/mol. The molecule has 1 N–H and O–H groups in total. The lowest BCUT2D eigenvalue weighted by molar-refractivity contribution is -0.129. The van der Waals surface area contributed by atoms with Crippen LogP contribution in [-0.4, -0.2) is 85.2 Å². The average Bonchev–Trinajstić information content (AvgIpc) is 3.02. The maximum atomic E-state index is 13.8. The number of benzene rings is 1. The van der Waals surface area contributed by atoms with Gasteiger partial charge in [0.2, 0.25) is 5.91 Å². The molecule has 1 aromatic rings. The van der Waals surface area contributed by atoms with Crippen LogP contribution in [0.2, 0.25) is 0 Å². The molecule has 25 heavy (non-hydrogen) atoms. The van der Waals surface area contributed by atoms with Crippen LogP contribution in [-0.2, 0) is 11.2 Å². The minimum atomic E-state index is -0.331. The number of aliphatic hydroxyl groups excluding tert-OH is 1. The van der Waals surface area contributed by atoms with E-state index in [1.165, 1.54) is 6.07 Å². The van der Waals surface area contributed by atoms with E-state index in [4.69, 9.17) is 0 Å². The molecule has 2 saturated heterocycles. The molecule has 0 bridgehead atoms. The van der Waals surface area contributed by atoms with E-state index in [1.54, 1.807) is 23.1 Å². The number of amides is 1. The highest BCUT2D eigenvalue weighted by Crippen LogP contribution is 2.25. The Labute approximate surface area is 149 Å². The summed E-state index contributed by atoms with van der Waals surface area (Å²) < 4.78 is 13.8. The van der Waals surface area contributed by atoms with Crippen molar-refractivity contribution in [2.45, 2.75) is 6.42 Å². The zero-order valence-corrected chi connectivity index (χ0v) is 14.9. The number of likely N-dealkylation sites (N-methyl/N-ethyl adjacent to an activating group) is 1. The van der Waals surface area contributed by atoms with Gasteiger partial charge in [0.15, 0.2) is 0 Å². The number of carbonyl (C=O) groups excluding carboxylic acids is 1. The fourth-order valence-corrected chi connectivity index (χ4v) is 3.83. The molecule has 3 rings (SSSR count). The summed E-state index contributed by atoms with van der Waals surface area (Å²) in [5, 5.41) is 9.72. The molecule has 0 aromatic heterocycles. The van der Waals surface area contributed by atoms with E-state index in [-0.39, 0.29) is 36.6 Å². The van der Waals surface area contributed by atoms with Crippen LogP contribution in [0, 0.1) is 17.7 Å². The number of likely N-dealkylation sites (tertiary alicyclic amines) is 1. The molecule has 2 aliphatic rings. The van der Waals surface area contributed by atoms with Gasteiger partial charge in [0, 0.05) is 58.3 Å². The predicted molar refractivity (Wildman–Crippen MR) is 94.7 cm³/mol. The van der Waals surface area contributed by atoms with Crippen molar-refractivity contribution in [3.05, 3.63) is 35.6 Å². The van der Waals surface area contributed by atoms with Crippen LogP contribution >= 0.6 is 0 Å². The summed E-state index contributed by atoms with van der Waals surface area (Å²) >= 11 is 0. The number of nitrogens with zero attached hydrogens (tertiary/aromatic N) is 3. The Morgan fingerprint density at radius 1 is 1.16 bits per heavy atom. The highest BCUT2D eigenvalue weighted by Gasteiger charge is 2.36. The summed E-state index contributed by atoms with van der Waals surface area (Å²) in [6, 6.07) is 6.43. The molecular formula is C19H28FN3O2. The molecule has 1 aromatic carbocycles. The first-order chi connectivity index (χ1) is 12.1. The van der Waals surface area contributed by atoms with E-state index in [9.17, 15) is 14.3 Å². The zero-order chi connectivity index (χ0) is 17.8. The first-order valence-electron chi connectivity index (χ1n) is 9.09. The molecule has 2 fully saturated rings. The standard InChI is InChI=1S/C19H28FN3O2/c1-21-6-8-22(9-7-21)11-16-12-23(13-17(16)14-24)19(25)10-15-4-2-3-5-18(15)20/h2-5,16-17,24H,6-14H2,1H3/t16-,17-/m1/s1. The summed E-state index contributed by atoms with van der Waals surface area (Å²) in [6.07, 6.45) is 0.0893. The number of carbonyl (C=O) groups is 1. The molecule has 6 heteroatoms. The van der Waals surface area contributed by atoms with Crippen molar-refractivity contribution >= 4 is 5.91 Å². The van der Waals surface area contributed by atoms with E-state index in [0.29, 0.717) is 18.7 Å². The van der Waals surface area contributed by atoms with Gasteiger partial charge in [-0.2, -0.15) is 0 Å². The van der Waals surface area contributed by atoms with Gasteiger partial charge in [-0.05, 0) is 24.6 Å². The molecule has 0 radical (unpaired) electrons. The molecule has 138 valence electrons. The fraction of sp³-hybridized carbons (Fsp3) is 0.632. The van der Waals surface area contributed by atoms with Crippen molar-refractivity contribution in [3.63, 3.8) is 0 Å². The quantitative estimate of drug-likeness (QED) is 0.849. The van der Waals surface area contributed by atoms with Crippen molar-refractivity contribution < 1.29 is 14.3 Å². The summed E-state index contributed by atoms with van der Waals surface area (Å²) in [4.78, 5) is 19.1. The second-order valence-electron chi connectivity index (χ2n) is 7.37. The number of rotatable bonds is 5. The van der Waals surface area contributed by atoms with Gasteiger partial charge >= 0.3 is 0 Å². The first kappa shape index (κ1) is 18.3. The molecule has 5 nitrogen and oxygen atoms in total. The maximum absolute atomic E-state index is 13.8. The van der Waals surface area contributed by atoms with Crippen LogP contribution < -0.4 is 0 Å². The second-order valence-corrected chi connectivity index (χ2v) is 7.37.